The molecule has 1 unspecified atom stereocenters. The summed E-state index contributed by atoms with van der Waals surface area (Å²) in [6.45, 7) is 9.88. The third kappa shape index (κ3) is 2.69. The molecule has 1 atom stereocenters. The Morgan fingerprint density at radius 1 is 1.29 bits per heavy atom. The largest absolute Gasteiger partial charge is 0.444 e. The standard InChI is InChI=1S/C14H23N3O4/c1-12(2,3)21-11(20)17-7-6-14(13(4,5)8-17)9(18)15-10(19)16-14/h6-8H2,1-5H3,(H2,15,16,18,19). The van der Waals surface area contributed by atoms with Crippen LogP contribution in [0.4, 0.5) is 9.59 Å². The molecule has 2 N–H and O–H groups in total. The minimum absolute atomic E-state index is 0.318. The smallest absolute Gasteiger partial charge is 0.410 e. The summed E-state index contributed by atoms with van der Waals surface area (Å²) >= 11 is 0. The van der Waals surface area contributed by atoms with E-state index in [2.05, 4.69) is 10.6 Å². The van der Waals surface area contributed by atoms with Gasteiger partial charge in [0.1, 0.15) is 11.1 Å². The van der Waals surface area contributed by atoms with Crippen LogP contribution in [0.5, 0.6) is 0 Å². The second-order valence-corrected chi connectivity index (χ2v) is 7.35. The molecule has 118 valence electrons. The minimum atomic E-state index is -0.956. The molecular formula is C14H23N3O4. The first-order valence-corrected chi connectivity index (χ1v) is 7.08. The number of hydrogen-bond acceptors (Lipinski definition) is 4. The van der Waals surface area contributed by atoms with Crippen LogP contribution in [-0.4, -0.2) is 47.2 Å². The van der Waals surface area contributed by atoms with Crippen molar-refractivity contribution in [2.45, 2.75) is 52.2 Å². The number of ether oxygens (including phenoxy) is 1. The number of carbonyl (C=O) groups excluding carboxylic acids is 3. The SMILES string of the molecule is CC(C)(C)OC(=O)N1CCC2(NC(=O)NC2=O)C(C)(C)C1. The first-order valence-electron chi connectivity index (χ1n) is 7.08. The molecular weight excluding hydrogens is 274 g/mol. The second kappa shape index (κ2) is 4.61. The molecule has 0 bridgehead atoms. The van der Waals surface area contributed by atoms with Crippen LogP contribution in [0.25, 0.3) is 0 Å². The van der Waals surface area contributed by atoms with Crippen molar-refractivity contribution in [3.63, 3.8) is 0 Å². The van der Waals surface area contributed by atoms with Gasteiger partial charge in [0.25, 0.3) is 5.91 Å². The van der Waals surface area contributed by atoms with Gasteiger partial charge in [-0.1, -0.05) is 13.8 Å². The topological polar surface area (TPSA) is 87.7 Å². The van der Waals surface area contributed by atoms with E-state index in [1.165, 1.54) is 0 Å². The van der Waals surface area contributed by atoms with Gasteiger partial charge in [0, 0.05) is 18.5 Å². The Morgan fingerprint density at radius 3 is 2.33 bits per heavy atom. The summed E-state index contributed by atoms with van der Waals surface area (Å²) in [5.41, 5.74) is -2.10. The fourth-order valence-electron chi connectivity index (χ4n) is 2.96. The van der Waals surface area contributed by atoms with E-state index in [-0.39, 0.29) is 5.91 Å². The summed E-state index contributed by atoms with van der Waals surface area (Å²) < 4.78 is 5.37. The van der Waals surface area contributed by atoms with E-state index in [1.807, 2.05) is 34.6 Å². The summed E-state index contributed by atoms with van der Waals surface area (Å²) in [7, 11) is 0. The van der Waals surface area contributed by atoms with E-state index in [1.54, 1.807) is 4.90 Å². The predicted molar refractivity (Wildman–Crippen MR) is 75.6 cm³/mol. The number of likely N-dealkylation sites (tertiary alicyclic amines) is 1. The Balaban J connectivity index is 2.15. The fraction of sp³-hybridized carbons (Fsp3) is 0.786. The van der Waals surface area contributed by atoms with Crippen LogP contribution in [0.1, 0.15) is 41.0 Å². The second-order valence-electron chi connectivity index (χ2n) is 7.35. The molecule has 7 heteroatoms. The van der Waals surface area contributed by atoms with Gasteiger partial charge >= 0.3 is 12.1 Å². The molecule has 2 saturated heterocycles. The van der Waals surface area contributed by atoms with Gasteiger partial charge in [0.05, 0.1) is 0 Å². The number of hydrogen-bond donors (Lipinski definition) is 2. The molecule has 2 rings (SSSR count). The van der Waals surface area contributed by atoms with Crippen LogP contribution >= 0.6 is 0 Å². The number of carbonyl (C=O) groups is 3. The van der Waals surface area contributed by atoms with Gasteiger partial charge in [0.2, 0.25) is 0 Å². The number of nitrogens with one attached hydrogen (secondary N) is 2. The maximum atomic E-state index is 12.2. The van der Waals surface area contributed by atoms with Crippen molar-refractivity contribution in [3.05, 3.63) is 0 Å². The lowest BCUT2D eigenvalue weighted by Crippen LogP contribution is -2.66. The highest BCUT2D eigenvalue weighted by Crippen LogP contribution is 2.40. The lowest BCUT2D eigenvalue weighted by Gasteiger charge is -2.49. The third-order valence-electron chi connectivity index (χ3n) is 4.09. The average molecular weight is 297 g/mol. The Bertz CT molecular complexity index is 495. The molecule has 0 aromatic rings. The summed E-state index contributed by atoms with van der Waals surface area (Å²) in [6.07, 6.45) is -0.0215. The van der Waals surface area contributed by atoms with E-state index in [0.717, 1.165) is 0 Å². The van der Waals surface area contributed by atoms with E-state index >= 15 is 0 Å². The van der Waals surface area contributed by atoms with Gasteiger partial charge in [0.15, 0.2) is 0 Å². The monoisotopic (exact) mass is 297 g/mol. The van der Waals surface area contributed by atoms with Crippen LogP contribution < -0.4 is 10.6 Å². The molecule has 2 aliphatic heterocycles. The quantitative estimate of drug-likeness (QED) is 0.658. The van der Waals surface area contributed by atoms with E-state index in [9.17, 15) is 14.4 Å². The molecule has 0 aromatic heterocycles. The van der Waals surface area contributed by atoms with Gasteiger partial charge in [-0.05, 0) is 27.2 Å². The molecule has 1 spiro atoms. The fourth-order valence-corrected chi connectivity index (χ4v) is 2.96. The summed E-state index contributed by atoms with van der Waals surface area (Å²) in [4.78, 5) is 37.4. The van der Waals surface area contributed by atoms with Crippen molar-refractivity contribution in [1.29, 1.82) is 0 Å². The van der Waals surface area contributed by atoms with Crippen molar-refractivity contribution in [2.75, 3.05) is 13.1 Å². The van der Waals surface area contributed by atoms with E-state index in [0.29, 0.717) is 19.5 Å². The Kier molecular flexibility index (Phi) is 3.42. The molecule has 2 heterocycles. The lowest BCUT2D eigenvalue weighted by atomic mass is 9.67. The van der Waals surface area contributed by atoms with Crippen molar-refractivity contribution >= 4 is 18.0 Å². The highest BCUT2D eigenvalue weighted by Gasteiger charge is 2.59. The number of piperidine rings is 1. The number of nitrogens with zero attached hydrogens (tertiary/aromatic N) is 1. The van der Waals surface area contributed by atoms with Crippen molar-refractivity contribution in [3.8, 4) is 0 Å². The van der Waals surface area contributed by atoms with Crippen molar-refractivity contribution < 1.29 is 19.1 Å². The molecule has 21 heavy (non-hydrogen) atoms. The highest BCUT2D eigenvalue weighted by atomic mass is 16.6. The van der Waals surface area contributed by atoms with Gasteiger partial charge in [-0.25, -0.2) is 9.59 Å². The minimum Gasteiger partial charge on any atom is -0.444 e. The normalized spacial score (nSPS) is 28.3. The van der Waals surface area contributed by atoms with Gasteiger partial charge < -0.3 is 15.0 Å². The van der Waals surface area contributed by atoms with Gasteiger partial charge in [-0.3, -0.25) is 10.1 Å². The molecule has 7 nitrogen and oxygen atoms in total. The number of amides is 4. The molecule has 0 radical (unpaired) electrons. The maximum absolute atomic E-state index is 12.2. The zero-order valence-electron chi connectivity index (χ0n) is 13.2. The van der Waals surface area contributed by atoms with E-state index in [4.69, 9.17) is 4.74 Å². The number of rotatable bonds is 0. The zero-order valence-corrected chi connectivity index (χ0v) is 13.2. The van der Waals surface area contributed by atoms with Crippen LogP contribution in [-0.2, 0) is 9.53 Å². The van der Waals surface area contributed by atoms with Crippen LogP contribution in [0, 0.1) is 5.41 Å². The maximum Gasteiger partial charge on any atom is 0.410 e. The Morgan fingerprint density at radius 2 is 1.90 bits per heavy atom. The highest BCUT2D eigenvalue weighted by molar-refractivity contribution is 6.07. The molecule has 4 amide bonds. The molecule has 2 aliphatic rings. The van der Waals surface area contributed by atoms with Crippen LogP contribution in [0.15, 0.2) is 0 Å². The van der Waals surface area contributed by atoms with Gasteiger partial charge in [-0.2, -0.15) is 0 Å². The molecule has 2 fully saturated rings. The van der Waals surface area contributed by atoms with E-state index < -0.39 is 28.7 Å². The predicted octanol–water partition coefficient (Wildman–Crippen LogP) is 1.23. The summed E-state index contributed by atoms with van der Waals surface area (Å²) in [6, 6.07) is -0.473. The number of urea groups is 1. The number of imide groups is 1. The first-order chi connectivity index (χ1) is 9.47. The average Bonchev–Trinajstić information content (AvgIpc) is 2.57. The van der Waals surface area contributed by atoms with Gasteiger partial charge in [-0.15, -0.1) is 0 Å². The summed E-state index contributed by atoms with van der Waals surface area (Å²) in [5, 5.41) is 5.03. The molecule has 0 aromatic carbocycles. The van der Waals surface area contributed by atoms with Crippen LogP contribution in [0.2, 0.25) is 0 Å². The van der Waals surface area contributed by atoms with Crippen molar-refractivity contribution in [1.82, 2.24) is 15.5 Å². The Hall–Kier alpha value is -1.79. The summed E-state index contributed by atoms with van der Waals surface area (Å²) in [5.74, 6) is -0.318. The third-order valence-corrected chi connectivity index (χ3v) is 4.09. The zero-order chi connectivity index (χ0) is 16.1. The van der Waals surface area contributed by atoms with Crippen LogP contribution in [0.3, 0.4) is 0 Å². The lowest BCUT2D eigenvalue weighted by molar-refractivity contribution is -0.131. The Labute approximate surface area is 124 Å². The molecule has 0 saturated carbocycles. The van der Waals surface area contributed by atoms with Crippen molar-refractivity contribution in [2.24, 2.45) is 5.41 Å². The molecule has 0 aliphatic carbocycles. The first kappa shape index (κ1) is 15.6.